The Hall–Kier alpha value is -0.910. The molecule has 102 valence electrons. The van der Waals surface area contributed by atoms with E-state index in [1.54, 1.807) is 13.8 Å². The van der Waals surface area contributed by atoms with Crippen LogP contribution in [0.5, 0.6) is 0 Å². The van der Waals surface area contributed by atoms with Crippen molar-refractivity contribution < 1.29 is 23.7 Å². The van der Waals surface area contributed by atoms with Gasteiger partial charge in [0.05, 0.1) is 19.8 Å². The van der Waals surface area contributed by atoms with Crippen LogP contribution >= 0.6 is 0 Å². The average molecular weight is 256 g/mol. The van der Waals surface area contributed by atoms with Gasteiger partial charge in [0.1, 0.15) is 0 Å². The summed E-state index contributed by atoms with van der Waals surface area (Å²) in [6.07, 6.45) is 0.306. The summed E-state index contributed by atoms with van der Waals surface area (Å²) in [6.45, 7) is 10.6. The maximum Gasteiger partial charge on any atom is 0.333 e. The summed E-state index contributed by atoms with van der Waals surface area (Å²) in [5.41, 5.74) is 0.285. The first-order valence-electron chi connectivity index (χ1n) is 6.21. The molecule has 0 aromatic rings. The predicted octanol–water partition coefficient (Wildman–Crippen LogP) is 1.62. The van der Waals surface area contributed by atoms with Gasteiger partial charge in [-0.2, -0.15) is 0 Å². The van der Waals surface area contributed by atoms with E-state index in [1.807, 2.05) is 0 Å². The van der Waals surface area contributed by atoms with Gasteiger partial charge < -0.3 is 18.9 Å². The molecule has 0 aliphatic carbocycles. The molecule has 5 nitrogen and oxygen atoms in total. The van der Waals surface area contributed by atoms with Crippen molar-refractivity contribution in [2.75, 3.05) is 19.8 Å². The highest BCUT2D eigenvalue weighted by atomic mass is 16.9. The lowest BCUT2D eigenvalue weighted by Crippen LogP contribution is -2.64. The Labute approximate surface area is 107 Å². The Morgan fingerprint density at radius 2 is 1.83 bits per heavy atom. The highest BCUT2D eigenvalue weighted by molar-refractivity contribution is 5.87. The first-order valence-corrected chi connectivity index (χ1v) is 6.21. The van der Waals surface area contributed by atoms with Gasteiger partial charge in [0.2, 0.25) is 0 Å². The minimum Gasteiger partial charge on any atom is -0.451 e. The fourth-order valence-corrected chi connectivity index (χ4v) is 2.00. The summed E-state index contributed by atoms with van der Waals surface area (Å²) in [5.74, 6) is -1.72. The third-order valence-electron chi connectivity index (χ3n) is 3.62. The van der Waals surface area contributed by atoms with Crippen molar-refractivity contribution in [2.24, 2.45) is 5.41 Å². The summed E-state index contributed by atoms with van der Waals surface area (Å²) < 4.78 is 22.2. The van der Waals surface area contributed by atoms with Crippen molar-refractivity contribution in [3.8, 4) is 0 Å². The Morgan fingerprint density at radius 3 is 2.22 bits per heavy atom. The number of ether oxygens (including phenoxy) is 4. The van der Waals surface area contributed by atoms with Crippen LogP contribution in [0, 0.1) is 5.41 Å². The standard InChI is InChI=1S/C13H20O5/c1-5-12-6-15-13(16-7-12,17-8-12)10(4)18-11(14)9(2)3/h10H,2,5-8H2,1,3-4H3. The molecule has 0 saturated carbocycles. The van der Waals surface area contributed by atoms with E-state index in [0.717, 1.165) is 6.42 Å². The monoisotopic (exact) mass is 256 g/mol. The molecule has 3 heterocycles. The number of rotatable bonds is 4. The van der Waals surface area contributed by atoms with Crippen LogP contribution in [0.2, 0.25) is 0 Å². The fraction of sp³-hybridized carbons (Fsp3) is 0.769. The van der Waals surface area contributed by atoms with Crippen molar-refractivity contribution in [2.45, 2.75) is 39.3 Å². The lowest BCUT2D eigenvalue weighted by molar-refractivity contribution is -0.488. The van der Waals surface area contributed by atoms with Gasteiger partial charge in [-0.05, 0) is 20.3 Å². The number of carbonyl (C=O) groups excluding carboxylic acids is 1. The molecule has 0 N–H and O–H groups in total. The molecule has 1 unspecified atom stereocenters. The molecule has 3 aliphatic rings. The van der Waals surface area contributed by atoms with Gasteiger partial charge in [-0.25, -0.2) is 4.79 Å². The largest absolute Gasteiger partial charge is 0.451 e. The van der Waals surface area contributed by atoms with Gasteiger partial charge in [-0.3, -0.25) is 0 Å². The molecular weight excluding hydrogens is 236 g/mol. The van der Waals surface area contributed by atoms with E-state index in [2.05, 4.69) is 13.5 Å². The number of esters is 1. The maximum absolute atomic E-state index is 11.5. The fourth-order valence-electron chi connectivity index (χ4n) is 2.00. The Morgan fingerprint density at radius 1 is 1.33 bits per heavy atom. The quantitative estimate of drug-likeness (QED) is 0.565. The Bertz CT molecular complexity index is 338. The van der Waals surface area contributed by atoms with Crippen LogP contribution < -0.4 is 0 Å². The highest BCUT2D eigenvalue weighted by Crippen LogP contribution is 2.42. The third kappa shape index (κ3) is 2.18. The van der Waals surface area contributed by atoms with Crippen LogP contribution in [0.15, 0.2) is 12.2 Å². The molecule has 3 saturated heterocycles. The van der Waals surface area contributed by atoms with E-state index in [1.165, 1.54) is 0 Å². The molecule has 3 fully saturated rings. The molecule has 1 atom stereocenters. The molecule has 2 bridgehead atoms. The number of hydrogen-bond acceptors (Lipinski definition) is 5. The lowest BCUT2D eigenvalue weighted by atomic mass is 9.86. The molecule has 0 spiro atoms. The van der Waals surface area contributed by atoms with Gasteiger partial charge in [-0.1, -0.05) is 13.5 Å². The predicted molar refractivity (Wildman–Crippen MR) is 63.7 cm³/mol. The van der Waals surface area contributed by atoms with Crippen molar-refractivity contribution in [3.63, 3.8) is 0 Å². The maximum atomic E-state index is 11.5. The zero-order valence-electron chi connectivity index (χ0n) is 11.2. The van der Waals surface area contributed by atoms with Crippen LogP contribution in [0.1, 0.15) is 27.2 Å². The minimum atomic E-state index is -1.25. The smallest absolute Gasteiger partial charge is 0.333 e. The molecular formula is C13H20O5. The molecule has 0 radical (unpaired) electrons. The number of carbonyl (C=O) groups is 1. The molecule has 3 rings (SSSR count). The SMILES string of the molecule is C=C(C)C(=O)OC(C)C12OCC(CC)(CO1)CO2. The third-order valence-corrected chi connectivity index (χ3v) is 3.62. The van der Waals surface area contributed by atoms with Crippen molar-refractivity contribution in [3.05, 3.63) is 12.2 Å². The van der Waals surface area contributed by atoms with Gasteiger partial charge in [0.15, 0.2) is 6.10 Å². The summed E-state index contributed by atoms with van der Waals surface area (Å²) in [6, 6.07) is 0. The van der Waals surface area contributed by atoms with E-state index < -0.39 is 18.0 Å². The topological polar surface area (TPSA) is 54.0 Å². The van der Waals surface area contributed by atoms with Crippen LogP contribution in [0.25, 0.3) is 0 Å². The van der Waals surface area contributed by atoms with E-state index in [0.29, 0.717) is 25.4 Å². The van der Waals surface area contributed by atoms with E-state index >= 15 is 0 Å². The zero-order valence-corrected chi connectivity index (χ0v) is 11.2. The van der Waals surface area contributed by atoms with Gasteiger partial charge in [-0.15, -0.1) is 0 Å². The van der Waals surface area contributed by atoms with Gasteiger partial charge in [0, 0.05) is 11.0 Å². The molecule has 0 aromatic carbocycles. The van der Waals surface area contributed by atoms with Crippen LogP contribution in [-0.2, 0) is 23.7 Å². The second-order valence-corrected chi connectivity index (χ2v) is 5.15. The molecule has 5 heteroatoms. The molecule has 0 aromatic heterocycles. The van der Waals surface area contributed by atoms with E-state index in [-0.39, 0.29) is 5.41 Å². The summed E-state index contributed by atoms with van der Waals surface area (Å²) in [7, 11) is 0. The summed E-state index contributed by atoms with van der Waals surface area (Å²) >= 11 is 0. The first-order chi connectivity index (χ1) is 8.43. The molecule has 0 amide bonds. The van der Waals surface area contributed by atoms with Crippen LogP contribution in [-0.4, -0.2) is 37.9 Å². The summed E-state index contributed by atoms with van der Waals surface area (Å²) in [5, 5.41) is 0. The second kappa shape index (κ2) is 4.64. The first kappa shape index (κ1) is 13.5. The Balaban J connectivity index is 2.02. The van der Waals surface area contributed by atoms with Gasteiger partial charge in [0.25, 0.3) is 0 Å². The lowest BCUT2D eigenvalue weighted by Gasteiger charge is -2.52. The highest BCUT2D eigenvalue weighted by Gasteiger charge is 2.56. The van der Waals surface area contributed by atoms with Gasteiger partial charge >= 0.3 is 11.9 Å². The van der Waals surface area contributed by atoms with Crippen molar-refractivity contribution in [1.82, 2.24) is 0 Å². The van der Waals surface area contributed by atoms with E-state index in [4.69, 9.17) is 18.9 Å². The average Bonchev–Trinajstić information content (AvgIpc) is 2.40. The minimum absolute atomic E-state index is 0.0557. The second-order valence-electron chi connectivity index (χ2n) is 5.15. The van der Waals surface area contributed by atoms with E-state index in [9.17, 15) is 4.79 Å². The van der Waals surface area contributed by atoms with Crippen LogP contribution in [0.3, 0.4) is 0 Å². The number of hydrogen-bond donors (Lipinski definition) is 0. The normalized spacial score (nSPS) is 36.2. The van der Waals surface area contributed by atoms with Crippen molar-refractivity contribution in [1.29, 1.82) is 0 Å². The Kier molecular flexibility index (Phi) is 3.49. The molecule has 3 aliphatic heterocycles. The summed E-state index contributed by atoms with van der Waals surface area (Å²) in [4.78, 5) is 11.5. The molecule has 18 heavy (non-hydrogen) atoms. The van der Waals surface area contributed by atoms with Crippen LogP contribution in [0.4, 0.5) is 0 Å². The van der Waals surface area contributed by atoms with Crippen molar-refractivity contribution >= 4 is 5.97 Å². The number of fused-ring (bicyclic) bond motifs is 3. The zero-order chi connectivity index (χ0) is 13.4.